The van der Waals surface area contributed by atoms with Crippen molar-refractivity contribution in [2.45, 2.75) is 63.3 Å². The summed E-state index contributed by atoms with van der Waals surface area (Å²) in [6, 6.07) is 13.8. The lowest BCUT2D eigenvalue weighted by molar-refractivity contribution is -0.156. The van der Waals surface area contributed by atoms with Gasteiger partial charge in [-0.2, -0.15) is 0 Å². The van der Waals surface area contributed by atoms with Gasteiger partial charge in [0.05, 0.1) is 11.8 Å². The summed E-state index contributed by atoms with van der Waals surface area (Å²) in [6.07, 6.45) is -0.409. The standard InChI is InChI=1S/C28H31F3N2O4/c29-23-11-5-4-7-20(23)17-24(34)32-15-13-27(14-16-32,26(36)37)19-25(35)33(21-8-2-1-3-9-21)22-10-6-12-28(30,31)18-22/h1-5,7-9,11,22H,6,10,12-19H2,(H,36,37). The van der Waals surface area contributed by atoms with Gasteiger partial charge < -0.3 is 14.9 Å². The van der Waals surface area contributed by atoms with E-state index in [9.17, 15) is 32.7 Å². The van der Waals surface area contributed by atoms with E-state index in [1.165, 1.54) is 28.0 Å². The summed E-state index contributed by atoms with van der Waals surface area (Å²) in [4.78, 5) is 41.6. The number of carbonyl (C=O) groups is 3. The molecule has 2 amide bonds. The van der Waals surface area contributed by atoms with Crippen LogP contribution in [0.25, 0.3) is 0 Å². The van der Waals surface area contributed by atoms with E-state index in [-0.39, 0.29) is 63.1 Å². The Morgan fingerprint density at radius 1 is 0.973 bits per heavy atom. The predicted molar refractivity (Wildman–Crippen MR) is 132 cm³/mol. The van der Waals surface area contributed by atoms with Gasteiger partial charge in [-0.05, 0) is 49.4 Å². The van der Waals surface area contributed by atoms with Crippen molar-refractivity contribution in [1.82, 2.24) is 4.90 Å². The van der Waals surface area contributed by atoms with Gasteiger partial charge in [-0.25, -0.2) is 13.2 Å². The first-order chi connectivity index (χ1) is 17.6. The Morgan fingerprint density at radius 3 is 2.24 bits per heavy atom. The number of aliphatic carboxylic acids is 1. The molecule has 0 radical (unpaired) electrons. The van der Waals surface area contributed by atoms with Crippen LogP contribution in [0.5, 0.6) is 0 Å². The molecular weight excluding hydrogens is 485 g/mol. The first-order valence-electron chi connectivity index (χ1n) is 12.6. The zero-order valence-electron chi connectivity index (χ0n) is 20.5. The van der Waals surface area contributed by atoms with Gasteiger partial charge in [0.1, 0.15) is 5.82 Å². The molecule has 0 bridgehead atoms. The third-order valence-corrected chi connectivity index (χ3v) is 7.60. The number of piperidine rings is 1. The number of nitrogens with zero attached hydrogens (tertiary/aromatic N) is 2. The van der Waals surface area contributed by atoms with Gasteiger partial charge in [-0.15, -0.1) is 0 Å². The van der Waals surface area contributed by atoms with Crippen molar-refractivity contribution < 1.29 is 32.7 Å². The maximum absolute atomic E-state index is 14.3. The van der Waals surface area contributed by atoms with Crippen LogP contribution in [0.2, 0.25) is 0 Å². The van der Waals surface area contributed by atoms with Crippen LogP contribution >= 0.6 is 0 Å². The maximum atomic E-state index is 14.3. The lowest BCUT2D eigenvalue weighted by Crippen LogP contribution is -2.51. The fourth-order valence-corrected chi connectivity index (χ4v) is 5.45. The Hall–Kier alpha value is -3.36. The molecule has 198 valence electrons. The van der Waals surface area contributed by atoms with Crippen LogP contribution in [0.4, 0.5) is 18.9 Å². The van der Waals surface area contributed by atoms with E-state index in [1.807, 2.05) is 0 Å². The van der Waals surface area contributed by atoms with Crippen molar-refractivity contribution in [2.75, 3.05) is 18.0 Å². The highest BCUT2D eigenvalue weighted by Crippen LogP contribution is 2.40. The summed E-state index contributed by atoms with van der Waals surface area (Å²) in [7, 11) is 0. The quantitative estimate of drug-likeness (QED) is 0.558. The molecule has 2 aliphatic rings. The lowest BCUT2D eigenvalue weighted by Gasteiger charge is -2.42. The molecule has 0 spiro atoms. The monoisotopic (exact) mass is 516 g/mol. The summed E-state index contributed by atoms with van der Waals surface area (Å²) >= 11 is 0. The van der Waals surface area contributed by atoms with Crippen LogP contribution < -0.4 is 4.90 Å². The zero-order valence-corrected chi connectivity index (χ0v) is 20.5. The van der Waals surface area contributed by atoms with E-state index < -0.39 is 41.5 Å². The number of amides is 2. The normalized spacial score (nSPS) is 20.7. The number of rotatable bonds is 7. The number of para-hydroxylation sites is 1. The minimum atomic E-state index is -2.88. The van der Waals surface area contributed by atoms with Crippen molar-refractivity contribution in [3.05, 3.63) is 66.0 Å². The molecule has 0 aromatic heterocycles. The van der Waals surface area contributed by atoms with E-state index in [1.54, 1.807) is 36.4 Å². The van der Waals surface area contributed by atoms with Crippen molar-refractivity contribution in [3.8, 4) is 0 Å². The molecule has 1 heterocycles. The summed E-state index contributed by atoms with van der Waals surface area (Å²) in [5.41, 5.74) is -0.690. The van der Waals surface area contributed by atoms with E-state index in [0.717, 1.165) is 0 Å². The Labute approximate surface area is 214 Å². The first-order valence-corrected chi connectivity index (χ1v) is 12.6. The molecule has 2 aromatic carbocycles. The molecular formula is C28H31F3N2O4. The number of carbonyl (C=O) groups excluding carboxylic acids is 2. The summed E-state index contributed by atoms with van der Waals surface area (Å²) in [6.45, 7) is 0.222. The average molecular weight is 517 g/mol. The highest BCUT2D eigenvalue weighted by atomic mass is 19.3. The van der Waals surface area contributed by atoms with Gasteiger partial charge in [0.25, 0.3) is 0 Å². The highest BCUT2D eigenvalue weighted by Gasteiger charge is 2.47. The Morgan fingerprint density at radius 2 is 1.62 bits per heavy atom. The number of alkyl halides is 2. The number of carboxylic acid groups (broad SMARTS) is 1. The molecule has 37 heavy (non-hydrogen) atoms. The summed E-state index contributed by atoms with van der Waals surface area (Å²) in [5.74, 6) is -5.34. The van der Waals surface area contributed by atoms with Crippen LogP contribution in [0.1, 0.15) is 50.5 Å². The number of halogens is 3. The Kier molecular flexibility index (Phi) is 7.90. The van der Waals surface area contributed by atoms with Gasteiger partial charge in [0.15, 0.2) is 0 Å². The van der Waals surface area contributed by atoms with Crippen molar-refractivity contribution in [2.24, 2.45) is 5.41 Å². The van der Waals surface area contributed by atoms with Gasteiger partial charge in [0, 0.05) is 44.1 Å². The first kappa shape index (κ1) is 26.7. The van der Waals surface area contributed by atoms with Gasteiger partial charge >= 0.3 is 5.97 Å². The minimum absolute atomic E-state index is 0.0422. The maximum Gasteiger partial charge on any atom is 0.310 e. The molecule has 6 nitrogen and oxygen atoms in total. The number of benzene rings is 2. The third kappa shape index (κ3) is 6.14. The Bertz CT molecular complexity index is 1130. The van der Waals surface area contributed by atoms with Crippen molar-refractivity contribution in [1.29, 1.82) is 0 Å². The molecule has 2 aromatic rings. The second kappa shape index (κ2) is 10.9. The topological polar surface area (TPSA) is 77.9 Å². The number of likely N-dealkylation sites (tertiary alicyclic amines) is 1. The average Bonchev–Trinajstić information content (AvgIpc) is 2.86. The number of carboxylic acids is 1. The fourth-order valence-electron chi connectivity index (χ4n) is 5.45. The molecule has 1 unspecified atom stereocenters. The highest BCUT2D eigenvalue weighted by molar-refractivity contribution is 5.97. The predicted octanol–water partition coefficient (Wildman–Crippen LogP) is 5.06. The third-order valence-electron chi connectivity index (χ3n) is 7.60. The molecule has 9 heteroatoms. The van der Waals surface area contributed by atoms with Crippen molar-refractivity contribution >= 4 is 23.5 Å². The fraction of sp³-hybridized carbons (Fsp3) is 0.464. The van der Waals surface area contributed by atoms with E-state index in [0.29, 0.717) is 12.1 Å². The second-order valence-corrected chi connectivity index (χ2v) is 10.1. The number of hydrogen-bond acceptors (Lipinski definition) is 3. The van der Waals surface area contributed by atoms with E-state index in [2.05, 4.69) is 0 Å². The largest absolute Gasteiger partial charge is 0.481 e. The molecule has 1 aliphatic carbocycles. The zero-order chi connectivity index (χ0) is 26.6. The summed E-state index contributed by atoms with van der Waals surface area (Å²) < 4.78 is 42.5. The van der Waals surface area contributed by atoms with Crippen LogP contribution in [0.15, 0.2) is 54.6 Å². The summed E-state index contributed by atoms with van der Waals surface area (Å²) in [5, 5.41) is 10.1. The molecule has 2 fully saturated rings. The number of anilines is 1. The molecule has 4 rings (SSSR count). The van der Waals surface area contributed by atoms with Gasteiger partial charge in [-0.3, -0.25) is 14.4 Å². The van der Waals surface area contributed by atoms with Gasteiger partial charge in [-0.1, -0.05) is 36.4 Å². The smallest absolute Gasteiger partial charge is 0.310 e. The van der Waals surface area contributed by atoms with Crippen LogP contribution in [-0.4, -0.2) is 52.8 Å². The van der Waals surface area contributed by atoms with Crippen molar-refractivity contribution in [3.63, 3.8) is 0 Å². The molecule has 1 saturated heterocycles. The Balaban J connectivity index is 1.49. The van der Waals surface area contributed by atoms with Gasteiger partial charge in [0.2, 0.25) is 17.7 Å². The molecule has 1 aliphatic heterocycles. The minimum Gasteiger partial charge on any atom is -0.481 e. The van der Waals surface area contributed by atoms with Crippen LogP contribution in [0.3, 0.4) is 0 Å². The van der Waals surface area contributed by atoms with E-state index in [4.69, 9.17) is 0 Å². The molecule has 1 saturated carbocycles. The molecule has 1 atom stereocenters. The lowest BCUT2D eigenvalue weighted by atomic mass is 9.75. The van der Waals surface area contributed by atoms with Crippen LogP contribution in [0, 0.1) is 11.2 Å². The SMILES string of the molecule is O=C(Cc1ccccc1F)N1CCC(CC(=O)N(c2ccccc2)C2CCCC(F)(F)C2)(C(=O)O)CC1. The second-order valence-electron chi connectivity index (χ2n) is 10.1. The van der Waals surface area contributed by atoms with E-state index >= 15 is 0 Å². The van der Waals surface area contributed by atoms with Crippen LogP contribution in [-0.2, 0) is 20.8 Å². The molecule has 1 N–H and O–H groups in total. The number of hydrogen-bond donors (Lipinski definition) is 1.